The summed E-state index contributed by atoms with van der Waals surface area (Å²) >= 11 is 0. The summed E-state index contributed by atoms with van der Waals surface area (Å²) in [6.07, 6.45) is 4.12. The molecule has 1 heterocycles. The highest BCUT2D eigenvalue weighted by Gasteiger charge is 2.28. The van der Waals surface area contributed by atoms with Crippen LogP contribution in [0.25, 0.3) is 0 Å². The number of anilines is 1. The van der Waals surface area contributed by atoms with Gasteiger partial charge in [-0.25, -0.2) is 8.42 Å². The van der Waals surface area contributed by atoms with Crippen LogP contribution >= 0.6 is 0 Å². The first-order valence-corrected chi connectivity index (χ1v) is 8.75. The second-order valence-corrected chi connectivity index (χ2v) is 7.56. The summed E-state index contributed by atoms with van der Waals surface area (Å²) in [4.78, 5) is 0.248. The predicted molar refractivity (Wildman–Crippen MR) is 82.0 cm³/mol. The normalized spacial score (nSPS) is 21.6. The highest BCUT2D eigenvalue weighted by atomic mass is 32.2. The summed E-state index contributed by atoms with van der Waals surface area (Å²) in [5, 5.41) is 0. The Hall–Kier alpha value is -1.07. The third kappa shape index (κ3) is 3.15. The van der Waals surface area contributed by atoms with E-state index >= 15 is 0 Å². The van der Waals surface area contributed by atoms with Crippen LogP contribution in [0.1, 0.15) is 38.2 Å². The van der Waals surface area contributed by atoms with Crippen molar-refractivity contribution in [2.75, 3.05) is 18.8 Å². The fourth-order valence-electron chi connectivity index (χ4n) is 2.83. The van der Waals surface area contributed by atoms with Crippen molar-refractivity contribution in [3.63, 3.8) is 0 Å². The van der Waals surface area contributed by atoms with E-state index in [2.05, 4.69) is 6.92 Å². The number of benzene rings is 1. The summed E-state index contributed by atoms with van der Waals surface area (Å²) in [5.74, 6) is 0.644. The summed E-state index contributed by atoms with van der Waals surface area (Å²) in [7, 11) is -3.46. The molecule has 1 atom stereocenters. The molecule has 1 saturated heterocycles. The van der Waals surface area contributed by atoms with Crippen molar-refractivity contribution in [2.24, 2.45) is 5.92 Å². The van der Waals surface area contributed by atoms with Crippen LogP contribution in [-0.4, -0.2) is 25.8 Å². The molecule has 1 aliphatic heterocycles. The zero-order chi connectivity index (χ0) is 14.8. The number of sulfonamides is 1. The van der Waals surface area contributed by atoms with Gasteiger partial charge in [-0.15, -0.1) is 0 Å². The molecule has 5 heteroatoms. The summed E-state index contributed by atoms with van der Waals surface area (Å²) in [6.45, 7) is 5.29. The number of rotatable bonds is 3. The maximum atomic E-state index is 12.7. The molecular formula is C15H24N2O2S. The first-order valence-electron chi connectivity index (χ1n) is 7.31. The third-order valence-corrected chi connectivity index (χ3v) is 6.14. The Balaban J connectivity index is 2.25. The van der Waals surface area contributed by atoms with E-state index in [0.717, 1.165) is 31.2 Å². The quantitative estimate of drug-likeness (QED) is 0.872. The number of hydrogen-bond donors (Lipinski definition) is 1. The lowest BCUT2D eigenvalue weighted by Crippen LogP contribution is -2.32. The Bertz CT molecular complexity index is 569. The van der Waals surface area contributed by atoms with Crippen molar-refractivity contribution in [3.8, 4) is 0 Å². The maximum Gasteiger partial charge on any atom is 0.245 e. The van der Waals surface area contributed by atoms with E-state index in [1.54, 1.807) is 22.5 Å². The van der Waals surface area contributed by atoms with Crippen molar-refractivity contribution in [3.05, 3.63) is 23.8 Å². The number of nitrogen functional groups attached to an aromatic ring is 1. The van der Waals surface area contributed by atoms with E-state index in [0.29, 0.717) is 24.7 Å². The van der Waals surface area contributed by atoms with Crippen LogP contribution in [0.4, 0.5) is 5.69 Å². The summed E-state index contributed by atoms with van der Waals surface area (Å²) < 4.78 is 27.0. The second-order valence-electron chi connectivity index (χ2n) is 5.65. The molecule has 0 saturated carbocycles. The molecule has 0 aliphatic carbocycles. The molecule has 0 amide bonds. The minimum atomic E-state index is -3.46. The zero-order valence-corrected chi connectivity index (χ0v) is 13.1. The van der Waals surface area contributed by atoms with Gasteiger partial charge in [-0.05, 0) is 49.8 Å². The van der Waals surface area contributed by atoms with Crippen LogP contribution in [0.5, 0.6) is 0 Å². The van der Waals surface area contributed by atoms with Crippen LogP contribution in [0.2, 0.25) is 0 Å². The van der Waals surface area contributed by atoms with Crippen LogP contribution in [0.3, 0.4) is 0 Å². The van der Waals surface area contributed by atoms with E-state index in [-0.39, 0.29) is 4.90 Å². The molecule has 2 rings (SSSR count). The van der Waals surface area contributed by atoms with Crippen molar-refractivity contribution >= 4 is 15.7 Å². The van der Waals surface area contributed by atoms with Crippen molar-refractivity contribution in [1.82, 2.24) is 4.31 Å². The van der Waals surface area contributed by atoms with Crippen LogP contribution < -0.4 is 5.73 Å². The Labute approximate surface area is 122 Å². The fourth-order valence-corrected chi connectivity index (χ4v) is 4.42. The standard InChI is InChI=1S/C15H24N2O2S/c1-3-13-5-4-9-17(10-8-13)20(18,19)15-7-6-12(2)11-14(15)16/h6-7,11,13H,3-5,8-10,16H2,1-2H3. The smallest absolute Gasteiger partial charge is 0.245 e. The first-order chi connectivity index (χ1) is 9.45. The molecule has 1 aromatic rings. The molecule has 1 fully saturated rings. The van der Waals surface area contributed by atoms with Gasteiger partial charge >= 0.3 is 0 Å². The highest BCUT2D eigenvalue weighted by molar-refractivity contribution is 7.89. The van der Waals surface area contributed by atoms with Gasteiger partial charge in [0.2, 0.25) is 10.0 Å². The van der Waals surface area contributed by atoms with Gasteiger partial charge in [0, 0.05) is 13.1 Å². The Kier molecular flexibility index (Phi) is 4.70. The number of nitrogens with zero attached hydrogens (tertiary/aromatic N) is 1. The lowest BCUT2D eigenvalue weighted by Gasteiger charge is -2.21. The monoisotopic (exact) mass is 296 g/mol. The van der Waals surface area contributed by atoms with Gasteiger partial charge in [0.25, 0.3) is 0 Å². The zero-order valence-electron chi connectivity index (χ0n) is 12.3. The molecule has 1 aliphatic rings. The predicted octanol–water partition coefficient (Wildman–Crippen LogP) is 2.78. The van der Waals surface area contributed by atoms with E-state index < -0.39 is 10.0 Å². The summed E-state index contributed by atoms with van der Waals surface area (Å²) in [6, 6.07) is 5.15. The van der Waals surface area contributed by atoms with Gasteiger partial charge in [-0.3, -0.25) is 0 Å². The number of hydrogen-bond acceptors (Lipinski definition) is 3. The molecule has 0 radical (unpaired) electrons. The van der Waals surface area contributed by atoms with Gasteiger partial charge in [0.15, 0.2) is 0 Å². The Morgan fingerprint density at radius 3 is 2.70 bits per heavy atom. The molecule has 112 valence electrons. The lowest BCUT2D eigenvalue weighted by molar-refractivity contribution is 0.407. The number of aryl methyl sites for hydroxylation is 1. The molecule has 4 nitrogen and oxygen atoms in total. The highest BCUT2D eigenvalue weighted by Crippen LogP contribution is 2.27. The van der Waals surface area contributed by atoms with Crippen molar-refractivity contribution in [1.29, 1.82) is 0 Å². The molecular weight excluding hydrogens is 272 g/mol. The third-order valence-electron chi connectivity index (χ3n) is 4.17. The molecule has 1 aromatic carbocycles. The Morgan fingerprint density at radius 2 is 2.05 bits per heavy atom. The first kappa shape index (κ1) is 15.3. The molecule has 0 aromatic heterocycles. The second kappa shape index (κ2) is 6.14. The van der Waals surface area contributed by atoms with E-state index in [1.807, 2.05) is 6.92 Å². The molecule has 1 unspecified atom stereocenters. The topological polar surface area (TPSA) is 63.4 Å². The van der Waals surface area contributed by atoms with Crippen LogP contribution in [0, 0.1) is 12.8 Å². The van der Waals surface area contributed by atoms with Crippen LogP contribution in [0.15, 0.2) is 23.1 Å². The molecule has 2 N–H and O–H groups in total. The maximum absolute atomic E-state index is 12.7. The lowest BCUT2D eigenvalue weighted by atomic mass is 9.98. The van der Waals surface area contributed by atoms with Gasteiger partial charge in [-0.2, -0.15) is 4.31 Å². The minimum absolute atomic E-state index is 0.248. The van der Waals surface area contributed by atoms with E-state index in [9.17, 15) is 8.42 Å². The average Bonchev–Trinajstić information content (AvgIpc) is 2.63. The Morgan fingerprint density at radius 1 is 1.30 bits per heavy atom. The molecule has 0 bridgehead atoms. The van der Waals surface area contributed by atoms with Crippen LogP contribution in [-0.2, 0) is 10.0 Å². The van der Waals surface area contributed by atoms with Gasteiger partial charge in [0.05, 0.1) is 5.69 Å². The van der Waals surface area contributed by atoms with Crippen molar-refractivity contribution in [2.45, 2.75) is 44.4 Å². The summed E-state index contributed by atoms with van der Waals surface area (Å²) in [5.41, 5.74) is 7.22. The molecule has 20 heavy (non-hydrogen) atoms. The van der Waals surface area contributed by atoms with Gasteiger partial charge in [0.1, 0.15) is 4.90 Å². The van der Waals surface area contributed by atoms with E-state index in [1.165, 1.54) is 0 Å². The largest absolute Gasteiger partial charge is 0.398 e. The van der Waals surface area contributed by atoms with Gasteiger partial charge in [-0.1, -0.05) is 19.4 Å². The van der Waals surface area contributed by atoms with Gasteiger partial charge < -0.3 is 5.73 Å². The number of nitrogens with two attached hydrogens (primary N) is 1. The van der Waals surface area contributed by atoms with E-state index in [4.69, 9.17) is 5.73 Å². The average molecular weight is 296 g/mol. The molecule has 0 spiro atoms. The fraction of sp³-hybridized carbons (Fsp3) is 0.600. The SMILES string of the molecule is CCC1CCCN(S(=O)(=O)c2ccc(C)cc2N)CC1. The van der Waals surface area contributed by atoms with Crippen molar-refractivity contribution < 1.29 is 8.42 Å². The minimum Gasteiger partial charge on any atom is -0.398 e.